The van der Waals surface area contributed by atoms with Crippen LogP contribution in [-0.2, 0) is 32.3 Å². The van der Waals surface area contributed by atoms with E-state index in [1.165, 1.54) is 150 Å². The van der Waals surface area contributed by atoms with Crippen LogP contribution in [0.5, 0.6) is 0 Å². The lowest BCUT2D eigenvalue weighted by Crippen LogP contribution is -2.33. The Labute approximate surface area is 304 Å². The molecule has 0 atom stereocenters. The van der Waals surface area contributed by atoms with Gasteiger partial charge in [-0.05, 0) is 36.8 Å². The molecule has 0 fully saturated rings. The molecule has 2 aliphatic heterocycles. The lowest BCUT2D eigenvalue weighted by molar-refractivity contribution is -0.139. The van der Waals surface area contributed by atoms with E-state index in [1.807, 2.05) is 24.3 Å². The Kier molecular flexibility index (Phi) is 20.7. The van der Waals surface area contributed by atoms with Crippen molar-refractivity contribution in [3.05, 3.63) is 58.7 Å². The molecule has 1 aromatic carbocycles. The lowest BCUT2D eigenvalue weighted by Gasteiger charge is -2.20. The predicted molar refractivity (Wildman–Crippen MR) is 205 cm³/mol. The zero-order chi connectivity index (χ0) is 35.8. The number of nitrogens with zero attached hydrogens (tertiary/aromatic N) is 2. The van der Waals surface area contributed by atoms with E-state index < -0.39 is 0 Å². The molecule has 6 heteroatoms. The third-order valence-corrected chi connectivity index (χ3v) is 10.5. The number of carbonyl (C=O) groups excluding carboxylic acids is 4. The number of imide groups is 2. The molecular weight excluding hydrogens is 620 g/mol. The van der Waals surface area contributed by atoms with E-state index in [-0.39, 0.29) is 36.7 Å². The summed E-state index contributed by atoms with van der Waals surface area (Å²) in [5.41, 5.74) is 2.75. The van der Waals surface area contributed by atoms with Gasteiger partial charge in [0.1, 0.15) is 0 Å². The molecule has 0 saturated carbocycles. The molecular formula is C44H68N2O4. The fourth-order valence-electron chi connectivity index (χ4n) is 7.30. The van der Waals surface area contributed by atoms with Crippen LogP contribution in [0.4, 0.5) is 0 Å². The predicted octanol–water partition coefficient (Wildman–Crippen LogP) is 11.5. The molecule has 0 unspecified atom stereocenters. The van der Waals surface area contributed by atoms with E-state index in [9.17, 15) is 19.2 Å². The monoisotopic (exact) mass is 689 g/mol. The topological polar surface area (TPSA) is 74.8 Å². The minimum atomic E-state index is -0.279. The molecule has 2 aliphatic rings. The Balaban J connectivity index is 1.33. The number of hydrogen-bond donors (Lipinski definition) is 0. The Hall–Kier alpha value is -3.02. The molecule has 0 aromatic heterocycles. The standard InChI is InChI=1S/C44H68N2O4/c1-3-5-7-9-11-13-15-17-19-21-23-25-29-37-33-41(47)45(43(37)49)35-39-31-27-28-32-40(39)36-46-42(48)34-38(44(46)50)30-26-24-22-20-18-16-14-12-10-8-6-4-2/h27-28,31-34H,3-26,29-30,35-36H2,1-2H3. The molecule has 0 aliphatic carbocycles. The van der Waals surface area contributed by atoms with Gasteiger partial charge in [-0.15, -0.1) is 0 Å². The van der Waals surface area contributed by atoms with E-state index in [4.69, 9.17) is 0 Å². The first-order valence-corrected chi connectivity index (χ1v) is 20.7. The molecule has 6 nitrogen and oxygen atoms in total. The molecule has 0 radical (unpaired) electrons. The summed E-state index contributed by atoms with van der Waals surface area (Å²) in [4.78, 5) is 54.8. The third-order valence-electron chi connectivity index (χ3n) is 10.5. The van der Waals surface area contributed by atoms with Gasteiger partial charge in [0.15, 0.2) is 0 Å². The van der Waals surface area contributed by atoms with E-state index in [0.717, 1.165) is 36.8 Å². The van der Waals surface area contributed by atoms with E-state index >= 15 is 0 Å². The van der Waals surface area contributed by atoms with Crippen molar-refractivity contribution >= 4 is 23.6 Å². The van der Waals surface area contributed by atoms with Crippen molar-refractivity contribution < 1.29 is 19.2 Å². The number of benzene rings is 1. The second kappa shape index (κ2) is 25.0. The van der Waals surface area contributed by atoms with Crippen molar-refractivity contribution in [2.75, 3.05) is 0 Å². The van der Waals surface area contributed by atoms with Gasteiger partial charge in [0.2, 0.25) is 0 Å². The molecule has 2 heterocycles. The van der Waals surface area contributed by atoms with Gasteiger partial charge in [-0.1, -0.05) is 179 Å². The second-order valence-electron chi connectivity index (χ2n) is 14.8. The average molecular weight is 689 g/mol. The maximum Gasteiger partial charge on any atom is 0.257 e. The van der Waals surface area contributed by atoms with Crippen LogP contribution in [0.25, 0.3) is 0 Å². The summed E-state index contributed by atoms with van der Waals surface area (Å²) < 4.78 is 0. The first-order valence-electron chi connectivity index (χ1n) is 20.7. The van der Waals surface area contributed by atoms with Gasteiger partial charge in [-0.2, -0.15) is 0 Å². The summed E-state index contributed by atoms with van der Waals surface area (Å²) >= 11 is 0. The molecule has 4 amide bonds. The Morgan fingerprint density at radius 3 is 0.980 bits per heavy atom. The van der Waals surface area contributed by atoms with Crippen molar-refractivity contribution in [3.8, 4) is 0 Å². The van der Waals surface area contributed by atoms with Crippen LogP contribution in [-0.4, -0.2) is 33.4 Å². The summed E-state index contributed by atoms with van der Waals surface area (Å²) in [7, 11) is 0. The van der Waals surface area contributed by atoms with Crippen LogP contribution in [0.3, 0.4) is 0 Å². The minimum absolute atomic E-state index is 0.141. The molecule has 0 N–H and O–H groups in total. The number of unbranched alkanes of at least 4 members (excludes halogenated alkanes) is 22. The summed E-state index contributed by atoms with van der Waals surface area (Å²) in [5, 5.41) is 0. The van der Waals surface area contributed by atoms with Gasteiger partial charge < -0.3 is 0 Å². The maximum absolute atomic E-state index is 13.2. The van der Waals surface area contributed by atoms with Gasteiger partial charge in [0.05, 0.1) is 13.1 Å². The van der Waals surface area contributed by atoms with Gasteiger partial charge in [-0.3, -0.25) is 29.0 Å². The Morgan fingerprint density at radius 1 is 0.400 bits per heavy atom. The zero-order valence-corrected chi connectivity index (χ0v) is 31.8. The largest absolute Gasteiger partial charge is 0.271 e. The fourth-order valence-corrected chi connectivity index (χ4v) is 7.30. The SMILES string of the molecule is CCCCCCCCCCCCCCC1=CC(=O)N(Cc2ccccc2CN2C(=O)C=C(CCCCCCCCCCCCCC)C2=O)C1=O. The number of rotatable bonds is 30. The highest BCUT2D eigenvalue weighted by Gasteiger charge is 2.33. The van der Waals surface area contributed by atoms with Crippen LogP contribution < -0.4 is 0 Å². The van der Waals surface area contributed by atoms with Crippen LogP contribution >= 0.6 is 0 Å². The molecule has 0 bridgehead atoms. The number of amides is 4. The summed E-state index contributed by atoms with van der Waals surface area (Å²) in [6.07, 6.45) is 34.5. The highest BCUT2D eigenvalue weighted by molar-refractivity contribution is 6.16. The summed E-state index contributed by atoms with van der Waals surface area (Å²) in [6.45, 7) is 4.79. The van der Waals surface area contributed by atoms with Gasteiger partial charge in [-0.25, -0.2) is 0 Å². The van der Waals surface area contributed by atoms with Crippen molar-refractivity contribution in [1.29, 1.82) is 0 Å². The highest BCUT2D eigenvalue weighted by Crippen LogP contribution is 2.26. The van der Waals surface area contributed by atoms with Gasteiger partial charge in [0, 0.05) is 23.3 Å². The highest BCUT2D eigenvalue weighted by atomic mass is 16.2. The lowest BCUT2D eigenvalue weighted by atomic mass is 10.0. The number of carbonyl (C=O) groups is 4. The quantitative estimate of drug-likeness (QED) is 0.0595. The third kappa shape index (κ3) is 15.1. The summed E-state index contributed by atoms with van der Waals surface area (Å²) in [6, 6.07) is 7.50. The van der Waals surface area contributed by atoms with Crippen LogP contribution in [0.15, 0.2) is 47.6 Å². The molecule has 0 saturated heterocycles. The Morgan fingerprint density at radius 2 is 0.680 bits per heavy atom. The normalized spacial score (nSPS) is 14.8. The summed E-state index contributed by atoms with van der Waals surface area (Å²) in [5.74, 6) is -0.989. The molecule has 50 heavy (non-hydrogen) atoms. The van der Waals surface area contributed by atoms with Crippen molar-refractivity contribution in [2.24, 2.45) is 0 Å². The van der Waals surface area contributed by atoms with E-state index in [0.29, 0.717) is 24.0 Å². The molecule has 3 rings (SSSR count). The van der Waals surface area contributed by atoms with Crippen LogP contribution in [0.2, 0.25) is 0 Å². The number of hydrogen-bond acceptors (Lipinski definition) is 4. The van der Waals surface area contributed by atoms with E-state index in [1.54, 1.807) is 0 Å². The fraction of sp³-hybridized carbons (Fsp3) is 0.682. The minimum Gasteiger partial charge on any atom is -0.271 e. The second-order valence-corrected chi connectivity index (χ2v) is 14.8. The van der Waals surface area contributed by atoms with Crippen LogP contribution in [0.1, 0.15) is 192 Å². The Bertz CT molecular complexity index is 1150. The van der Waals surface area contributed by atoms with Crippen molar-refractivity contribution in [1.82, 2.24) is 9.80 Å². The smallest absolute Gasteiger partial charge is 0.257 e. The maximum atomic E-state index is 13.2. The van der Waals surface area contributed by atoms with Crippen LogP contribution in [0, 0.1) is 0 Å². The van der Waals surface area contributed by atoms with Crippen molar-refractivity contribution in [2.45, 2.75) is 194 Å². The first-order chi connectivity index (χ1) is 24.5. The van der Waals surface area contributed by atoms with Gasteiger partial charge >= 0.3 is 0 Å². The van der Waals surface area contributed by atoms with Crippen molar-refractivity contribution in [3.63, 3.8) is 0 Å². The first kappa shape index (κ1) is 41.4. The molecule has 0 spiro atoms. The molecule has 1 aromatic rings. The van der Waals surface area contributed by atoms with E-state index in [2.05, 4.69) is 13.8 Å². The average Bonchev–Trinajstić information content (AvgIpc) is 3.53. The zero-order valence-electron chi connectivity index (χ0n) is 31.8. The molecule has 278 valence electrons. The van der Waals surface area contributed by atoms with Gasteiger partial charge in [0.25, 0.3) is 23.6 Å².